The molecule has 1 aromatic rings. The topological polar surface area (TPSA) is 26.0 Å². The molecule has 3 heteroatoms. The van der Waals surface area contributed by atoms with Gasteiger partial charge in [0.05, 0.1) is 0 Å². The summed E-state index contributed by atoms with van der Waals surface area (Å²) in [7, 11) is 0. The molecule has 0 radical (unpaired) electrons. The minimum Gasteiger partial charge on any atom is -0.330 e. The highest BCUT2D eigenvalue weighted by atomic mass is 19.1. The zero-order valence-corrected chi connectivity index (χ0v) is 8.48. The maximum absolute atomic E-state index is 13.2. The van der Waals surface area contributed by atoms with Crippen molar-refractivity contribution < 1.29 is 8.78 Å². The van der Waals surface area contributed by atoms with E-state index in [2.05, 4.69) is 0 Å². The molecule has 1 aromatic carbocycles. The molecule has 0 aromatic heterocycles. The summed E-state index contributed by atoms with van der Waals surface area (Å²) in [4.78, 5) is 0. The highest BCUT2D eigenvalue weighted by Gasteiger charge is 2.18. The van der Waals surface area contributed by atoms with Crippen molar-refractivity contribution in [2.24, 2.45) is 11.1 Å². The minimum atomic E-state index is -0.545. The second-order valence-corrected chi connectivity index (χ2v) is 4.28. The Hall–Kier alpha value is -0.960. The SMILES string of the molecule is CC(C)(CN)Cc1ccc(F)cc1F. The van der Waals surface area contributed by atoms with Crippen molar-refractivity contribution in [2.45, 2.75) is 20.3 Å². The van der Waals surface area contributed by atoms with Gasteiger partial charge < -0.3 is 5.73 Å². The van der Waals surface area contributed by atoms with Gasteiger partial charge in [0, 0.05) is 6.07 Å². The summed E-state index contributed by atoms with van der Waals surface area (Å²) >= 11 is 0. The van der Waals surface area contributed by atoms with Crippen LogP contribution in [-0.2, 0) is 6.42 Å². The van der Waals surface area contributed by atoms with Crippen LogP contribution in [0.4, 0.5) is 8.78 Å². The Balaban J connectivity index is 2.87. The van der Waals surface area contributed by atoms with Crippen LogP contribution in [0.5, 0.6) is 0 Å². The second-order valence-electron chi connectivity index (χ2n) is 4.28. The van der Waals surface area contributed by atoms with Crippen LogP contribution >= 0.6 is 0 Å². The zero-order chi connectivity index (χ0) is 10.8. The van der Waals surface area contributed by atoms with Gasteiger partial charge in [-0.1, -0.05) is 19.9 Å². The van der Waals surface area contributed by atoms with Crippen molar-refractivity contribution in [3.05, 3.63) is 35.4 Å². The van der Waals surface area contributed by atoms with Crippen LogP contribution in [0, 0.1) is 17.0 Å². The summed E-state index contributed by atoms with van der Waals surface area (Å²) < 4.78 is 25.8. The number of hydrogen-bond acceptors (Lipinski definition) is 1. The average molecular weight is 199 g/mol. The van der Waals surface area contributed by atoms with Crippen LogP contribution in [-0.4, -0.2) is 6.54 Å². The number of halogens is 2. The summed E-state index contributed by atoms with van der Waals surface area (Å²) in [6.07, 6.45) is 0.523. The smallest absolute Gasteiger partial charge is 0.129 e. The molecule has 0 bridgehead atoms. The van der Waals surface area contributed by atoms with Crippen molar-refractivity contribution in [3.63, 3.8) is 0 Å². The van der Waals surface area contributed by atoms with Crippen LogP contribution < -0.4 is 5.73 Å². The molecule has 1 nitrogen and oxygen atoms in total. The van der Waals surface area contributed by atoms with Gasteiger partial charge in [-0.3, -0.25) is 0 Å². The van der Waals surface area contributed by atoms with E-state index in [4.69, 9.17) is 5.73 Å². The van der Waals surface area contributed by atoms with E-state index in [9.17, 15) is 8.78 Å². The van der Waals surface area contributed by atoms with Gasteiger partial charge in [0.15, 0.2) is 0 Å². The predicted molar refractivity (Wildman–Crippen MR) is 52.9 cm³/mol. The fourth-order valence-corrected chi connectivity index (χ4v) is 1.25. The van der Waals surface area contributed by atoms with Gasteiger partial charge >= 0.3 is 0 Å². The third-order valence-electron chi connectivity index (χ3n) is 2.24. The Bertz CT molecular complexity index is 321. The maximum atomic E-state index is 13.2. The van der Waals surface area contributed by atoms with Crippen molar-refractivity contribution >= 4 is 0 Å². The molecule has 0 aliphatic rings. The molecule has 1 rings (SSSR count). The molecule has 0 heterocycles. The molecule has 0 saturated heterocycles. The van der Waals surface area contributed by atoms with Crippen LogP contribution in [0.25, 0.3) is 0 Å². The van der Waals surface area contributed by atoms with Crippen LogP contribution in [0.2, 0.25) is 0 Å². The summed E-state index contributed by atoms with van der Waals surface area (Å²) in [5.74, 6) is -1.04. The number of rotatable bonds is 3. The number of benzene rings is 1. The molecule has 0 fully saturated rings. The maximum Gasteiger partial charge on any atom is 0.129 e. The van der Waals surface area contributed by atoms with E-state index in [1.807, 2.05) is 13.8 Å². The van der Waals surface area contributed by atoms with Crippen LogP contribution in [0.3, 0.4) is 0 Å². The van der Waals surface area contributed by atoms with Crippen LogP contribution in [0.15, 0.2) is 18.2 Å². The van der Waals surface area contributed by atoms with E-state index >= 15 is 0 Å². The number of nitrogens with two attached hydrogens (primary N) is 1. The van der Waals surface area contributed by atoms with Gasteiger partial charge in [-0.05, 0) is 30.0 Å². The van der Waals surface area contributed by atoms with E-state index < -0.39 is 11.6 Å². The van der Waals surface area contributed by atoms with Gasteiger partial charge in [0.2, 0.25) is 0 Å². The first-order valence-corrected chi connectivity index (χ1v) is 4.58. The third-order valence-corrected chi connectivity index (χ3v) is 2.24. The molecule has 0 unspecified atom stereocenters. The summed E-state index contributed by atoms with van der Waals surface area (Å²) in [5.41, 5.74) is 5.90. The monoisotopic (exact) mass is 199 g/mol. The van der Waals surface area contributed by atoms with Crippen molar-refractivity contribution in [2.75, 3.05) is 6.54 Å². The number of hydrogen-bond donors (Lipinski definition) is 1. The summed E-state index contributed by atoms with van der Waals surface area (Å²) in [6.45, 7) is 4.38. The molecule has 0 aliphatic carbocycles. The van der Waals surface area contributed by atoms with Crippen molar-refractivity contribution in [1.29, 1.82) is 0 Å². The zero-order valence-electron chi connectivity index (χ0n) is 8.48. The highest BCUT2D eigenvalue weighted by Crippen LogP contribution is 2.22. The molecule has 0 spiro atoms. The fraction of sp³-hybridized carbons (Fsp3) is 0.455. The van der Waals surface area contributed by atoms with Gasteiger partial charge in [0.25, 0.3) is 0 Å². The molecular weight excluding hydrogens is 184 g/mol. The summed E-state index contributed by atoms with van der Waals surface area (Å²) in [6, 6.07) is 3.65. The largest absolute Gasteiger partial charge is 0.330 e. The fourth-order valence-electron chi connectivity index (χ4n) is 1.25. The average Bonchev–Trinajstić information content (AvgIpc) is 2.10. The standard InChI is InChI=1S/C11H15F2N/c1-11(2,7-14)6-8-3-4-9(12)5-10(8)13/h3-5H,6-7,14H2,1-2H3. The van der Waals surface area contributed by atoms with Gasteiger partial charge in [-0.25, -0.2) is 8.78 Å². The lowest BCUT2D eigenvalue weighted by molar-refractivity contribution is 0.369. The Labute approximate surface area is 82.9 Å². The second kappa shape index (κ2) is 4.05. The molecule has 0 saturated carbocycles. The normalized spacial score (nSPS) is 11.8. The Morgan fingerprint density at radius 1 is 1.29 bits per heavy atom. The van der Waals surface area contributed by atoms with Crippen molar-refractivity contribution in [3.8, 4) is 0 Å². The molecule has 2 N–H and O–H groups in total. The third kappa shape index (κ3) is 2.77. The van der Waals surface area contributed by atoms with Crippen molar-refractivity contribution in [1.82, 2.24) is 0 Å². The lowest BCUT2D eigenvalue weighted by atomic mass is 9.86. The Kier molecular flexibility index (Phi) is 3.21. The van der Waals surface area contributed by atoms with E-state index in [-0.39, 0.29) is 5.41 Å². The van der Waals surface area contributed by atoms with E-state index in [1.165, 1.54) is 12.1 Å². The summed E-state index contributed by atoms with van der Waals surface area (Å²) in [5, 5.41) is 0. The van der Waals surface area contributed by atoms with Gasteiger partial charge in [-0.15, -0.1) is 0 Å². The molecule has 0 amide bonds. The molecular formula is C11H15F2N. The van der Waals surface area contributed by atoms with Gasteiger partial charge in [-0.2, -0.15) is 0 Å². The lowest BCUT2D eigenvalue weighted by Crippen LogP contribution is -2.26. The quantitative estimate of drug-likeness (QED) is 0.795. The van der Waals surface area contributed by atoms with E-state index in [0.29, 0.717) is 18.5 Å². The predicted octanol–water partition coefficient (Wildman–Crippen LogP) is 2.49. The van der Waals surface area contributed by atoms with Crippen LogP contribution in [0.1, 0.15) is 19.4 Å². The molecule has 0 aliphatic heterocycles. The Morgan fingerprint density at radius 2 is 1.93 bits per heavy atom. The lowest BCUT2D eigenvalue weighted by Gasteiger charge is -2.22. The Morgan fingerprint density at radius 3 is 2.43 bits per heavy atom. The first-order valence-electron chi connectivity index (χ1n) is 4.58. The molecule has 14 heavy (non-hydrogen) atoms. The molecule has 78 valence electrons. The van der Waals surface area contributed by atoms with Gasteiger partial charge in [0.1, 0.15) is 11.6 Å². The first-order chi connectivity index (χ1) is 6.44. The minimum absolute atomic E-state index is 0.154. The van der Waals surface area contributed by atoms with E-state index in [1.54, 1.807) is 0 Å². The molecule has 0 atom stereocenters. The first kappa shape index (κ1) is 11.1. The highest BCUT2D eigenvalue weighted by molar-refractivity contribution is 5.19. The van der Waals surface area contributed by atoms with E-state index in [0.717, 1.165) is 6.07 Å².